The van der Waals surface area contributed by atoms with E-state index in [1.807, 2.05) is 4.90 Å². The average molecular weight is 345 g/mol. The molecule has 1 fully saturated rings. The van der Waals surface area contributed by atoms with E-state index in [0.717, 1.165) is 45.6 Å². The molecule has 1 aliphatic heterocycles. The topological polar surface area (TPSA) is 45.4 Å². The largest absolute Gasteiger partial charge is 0.352 e. The van der Waals surface area contributed by atoms with Crippen molar-refractivity contribution in [2.45, 2.75) is 25.8 Å². The summed E-state index contributed by atoms with van der Waals surface area (Å²) in [6.45, 7) is 6.43. The molecule has 0 amide bonds. The van der Waals surface area contributed by atoms with Crippen molar-refractivity contribution in [3.05, 3.63) is 22.6 Å². The van der Waals surface area contributed by atoms with Gasteiger partial charge in [-0.25, -0.2) is 9.37 Å². The van der Waals surface area contributed by atoms with Crippen LogP contribution in [0.3, 0.4) is 0 Å². The molecule has 2 rings (SSSR count). The minimum Gasteiger partial charge on any atom is -0.352 e. The second-order valence-corrected chi connectivity index (χ2v) is 6.04. The van der Waals surface area contributed by atoms with Gasteiger partial charge in [-0.15, -0.1) is 0 Å². The first-order valence-electron chi connectivity index (χ1n) is 7.15. The summed E-state index contributed by atoms with van der Waals surface area (Å²) in [6, 6.07) is 2.02. The first-order chi connectivity index (χ1) is 9.65. The molecule has 1 aliphatic rings. The van der Waals surface area contributed by atoms with Gasteiger partial charge in [0.05, 0.1) is 0 Å². The molecular formula is C14H22BrFN4. The Morgan fingerprint density at radius 2 is 2.10 bits per heavy atom. The first-order valence-corrected chi connectivity index (χ1v) is 7.95. The summed E-state index contributed by atoms with van der Waals surface area (Å²) in [5, 5.41) is 0. The van der Waals surface area contributed by atoms with Gasteiger partial charge in [0.2, 0.25) is 0 Å². The van der Waals surface area contributed by atoms with Gasteiger partial charge < -0.3 is 10.6 Å². The number of hydrogen-bond acceptors (Lipinski definition) is 4. The molecule has 1 aromatic rings. The maximum atomic E-state index is 13.9. The predicted octanol–water partition coefficient (Wildman–Crippen LogP) is 2.23. The van der Waals surface area contributed by atoms with Crippen molar-refractivity contribution >= 4 is 21.7 Å². The quantitative estimate of drug-likeness (QED) is 0.889. The van der Waals surface area contributed by atoms with Crippen molar-refractivity contribution in [2.75, 3.05) is 37.6 Å². The SMILES string of the molecule is CCC(CCN)N1CCN(c2ncc(Br)cc2F)CC1. The van der Waals surface area contributed by atoms with Crippen LogP contribution >= 0.6 is 15.9 Å². The van der Waals surface area contributed by atoms with Gasteiger partial charge in [-0.1, -0.05) is 6.92 Å². The van der Waals surface area contributed by atoms with E-state index < -0.39 is 0 Å². The Labute approximate surface area is 128 Å². The highest BCUT2D eigenvalue weighted by atomic mass is 79.9. The van der Waals surface area contributed by atoms with Crippen LogP contribution in [0.25, 0.3) is 0 Å². The van der Waals surface area contributed by atoms with E-state index in [1.54, 1.807) is 6.20 Å². The zero-order valence-corrected chi connectivity index (χ0v) is 13.4. The van der Waals surface area contributed by atoms with Crippen molar-refractivity contribution in [1.82, 2.24) is 9.88 Å². The van der Waals surface area contributed by atoms with E-state index >= 15 is 0 Å². The van der Waals surface area contributed by atoms with E-state index in [2.05, 4.69) is 32.7 Å². The van der Waals surface area contributed by atoms with E-state index in [9.17, 15) is 4.39 Å². The fourth-order valence-corrected chi connectivity index (χ4v) is 3.08. The van der Waals surface area contributed by atoms with Crippen LogP contribution in [-0.4, -0.2) is 48.6 Å². The first kappa shape index (κ1) is 15.7. The van der Waals surface area contributed by atoms with Gasteiger partial charge in [0.1, 0.15) is 0 Å². The van der Waals surface area contributed by atoms with E-state index in [1.165, 1.54) is 6.07 Å². The maximum absolute atomic E-state index is 13.9. The Hall–Kier alpha value is -0.720. The molecule has 0 bridgehead atoms. The van der Waals surface area contributed by atoms with Crippen molar-refractivity contribution in [2.24, 2.45) is 5.73 Å². The lowest BCUT2D eigenvalue weighted by Crippen LogP contribution is -2.51. The summed E-state index contributed by atoms with van der Waals surface area (Å²) < 4.78 is 14.6. The second kappa shape index (κ2) is 7.33. The third-order valence-corrected chi connectivity index (χ3v) is 4.32. The number of rotatable bonds is 5. The predicted molar refractivity (Wildman–Crippen MR) is 83.4 cm³/mol. The highest BCUT2D eigenvalue weighted by Gasteiger charge is 2.24. The standard InChI is InChI=1S/C14H22BrFN4/c1-2-12(3-4-17)19-5-7-20(8-6-19)14-13(16)9-11(15)10-18-14/h9-10,12H,2-8,17H2,1H3. The summed E-state index contributed by atoms with van der Waals surface area (Å²) in [5.74, 6) is 0.196. The van der Waals surface area contributed by atoms with Crippen LogP contribution in [0.1, 0.15) is 19.8 Å². The zero-order valence-electron chi connectivity index (χ0n) is 11.9. The molecule has 4 nitrogen and oxygen atoms in total. The minimum absolute atomic E-state index is 0.262. The number of piperazine rings is 1. The number of aromatic nitrogens is 1. The van der Waals surface area contributed by atoms with Crippen LogP contribution in [0, 0.1) is 5.82 Å². The third-order valence-electron chi connectivity index (χ3n) is 3.89. The van der Waals surface area contributed by atoms with Gasteiger partial charge in [-0.05, 0) is 41.4 Å². The lowest BCUT2D eigenvalue weighted by Gasteiger charge is -2.39. The second-order valence-electron chi connectivity index (χ2n) is 5.12. The summed E-state index contributed by atoms with van der Waals surface area (Å²) in [4.78, 5) is 8.67. The Kier molecular flexibility index (Phi) is 5.74. The molecule has 0 spiro atoms. The highest BCUT2D eigenvalue weighted by molar-refractivity contribution is 9.10. The molecule has 2 N–H and O–H groups in total. The van der Waals surface area contributed by atoms with Gasteiger partial charge in [0.25, 0.3) is 0 Å². The van der Waals surface area contributed by atoms with Crippen LogP contribution in [0.4, 0.5) is 10.2 Å². The summed E-state index contributed by atoms with van der Waals surface area (Å²) >= 11 is 3.23. The molecular weight excluding hydrogens is 323 g/mol. The Balaban J connectivity index is 1.97. The lowest BCUT2D eigenvalue weighted by atomic mass is 10.1. The smallest absolute Gasteiger partial charge is 0.166 e. The summed E-state index contributed by atoms with van der Waals surface area (Å²) in [7, 11) is 0. The van der Waals surface area contributed by atoms with Crippen molar-refractivity contribution < 1.29 is 4.39 Å². The maximum Gasteiger partial charge on any atom is 0.166 e. The molecule has 1 atom stereocenters. The summed E-state index contributed by atoms with van der Waals surface area (Å²) in [6.07, 6.45) is 3.79. The average Bonchev–Trinajstić information content (AvgIpc) is 2.45. The molecule has 0 aliphatic carbocycles. The lowest BCUT2D eigenvalue weighted by molar-refractivity contribution is 0.172. The van der Waals surface area contributed by atoms with E-state index in [-0.39, 0.29) is 5.82 Å². The molecule has 2 heterocycles. The van der Waals surface area contributed by atoms with Gasteiger partial charge in [-0.3, -0.25) is 4.90 Å². The number of nitrogens with zero attached hydrogens (tertiary/aromatic N) is 3. The summed E-state index contributed by atoms with van der Waals surface area (Å²) in [5.41, 5.74) is 5.66. The molecule has 112 valence electrons. The number of hydrogen-bond donors (Lipinski definition) is 1. The van der Waals surface area contributed by atoms with Crippen molar-refractivity contribution in [3.63, 3.8) is 0 Å². The normalized spacial score (nSPS) is 18.3. The van der Waals surface area contributed by atoms with Crippen molar-refractivity contribution in [1.29, 1.82) is 0 Å². The van der Waals surface area contributed by atoms with Crippen LogP contribution < -0.4 is 10.6 Å². The van der Waals surface area contributed by atoms with Gasteiger partial charge in [-0.2, -0.15) is 0 Å². The number of nitrogens with two attached hydrogens (primary N) is 1. The molecule has 6 heteroatoms. The Morgan fingerprint density at radius 1 is 1.40 bits per heavy atom. The van der Waals surface area contributed by atoms with Crippen LogP contribution in [0.2, 0.25) is 0 Å². The minimum atomic E-state index is -0.262. The molecule has 1 aromatic heterocycles. The fourth-order valence-electron chi connectivity index (χ4n) is 2.78. The van der Waals surface area contributed by atoms with Gasteiger partial charge in [0, 0.05) is 42.9 Å². The van der Waals surface area contributed by atoms with Crippen LogP contribution in [-0.2, 0) is 0 Å². The number of halogens is 2. The van der Waals surface area contributed by atoms with E-state index in [0.29, 0.717) is 16.3 Å². The van der Waals surface area contributed by atoms with Gasteiger partial charge >= 0.3 is 0 Å². The molecule has 0 aromatic carbocycles. The Bertz CT molecular complexity index is 435. The highest BCUT2D eigenvalue weighted by Crippen LogP contribution is 2.22. The van der Waals surface area contributed by atoms with E-state index in [4.69, 9.17) is 5.73 Å². The molecule has 1 saturated heterocycles. The fraction of sp³-hybridized carbons (Fsp3) is 0.643. The molecule has 0 saturated carbocycles. The zero-order chi connectivity index (χ0) is 14.5. The number of pyridine rings is 1. The molecule has 20 heavy (non-hydrogen) atoms. The van der Waals surface area contributed by atoms with Crippen LogP contribution in [0.5, 0.6) is 0 Å². The molecule has 1 unspecified atom stereocenters. The third kappa shape index (κ3) is 3.68. The van der Waals surface area contributed by atoms with Crippen LogP contribution in [0.15, 0.2) is 16.7 Å². The monoisotopic (exact) mass is 344 g/mol. The van der Waals surface area contributed by atoms with Gasteiger partial charge in [0.15, 0.2) is 11.6 Å². The van der Waals surface area contributed by atoms with Crippen molar-refractivity contribution in [3.8, 4) is 0 Å². The molecule has 0 radical (unpaired) electrons. The Morgan fingerprint density at radius 3 is 2.65 bits per heavy atom. The number of anilines is 1.